The first-order valence-electron chi connectivity index (χ1n) is 16.8. The highest BCUT2D eigenvalue weighted by molar-refractivity contribution is 5.87. The Morgan fingerprint density at radius 1 is 0.450 bits per heavy atom. The van der Waals surface area contributed by atoms with Gasteiger partial charge in [-0.25, -0.2) is 0 Å². The van der Waals surface area contributed by atoms with E-state index in [9.17, 15) is 24.9 Å². The van der Waals surface area contributed by atoms with Gasteiger partial charge in [0.15, 0.2) is 11.6 Å². The third-order valence-electron chi connectivity index (χ3n) is 7.68. The normalized spacial score (nSPS) is 14.2. The molecular weight excluding hydrogens is 500 g/mol. The second kappa shape index (κ2) is 29.2. The standard InChI is InChI=1S/C35H64O5/c1-3-5-7-9-11-13-15-17-19-21-23-25-27-29-31(36)33(38)35(40)34(39)32(37)30-28-26-24-22-20-18-16-14-12-10-8-6-4-2/h13-16,33-35,38-40H,3-12,17-30H2,1-2H3. The van der Waals surface area contributed by atoms with E-state index in [-0.39, 0.29) is 12.8 Å². The number of aliphatic hydroxyl groups excluding tert-OH is 3. The van der Waals surface area contributed by atoms with Gasteiger partial charge in [0.2, 0.25) is 0 Å². The summed E-state index contributed by atoms with van der Waals surface area (Å²) in [5, 5.41) is 30.5. The lowest BCUT2D eigenvalue weighted by atomic mass is 9.95. The number of allylic oxidation sites excluding steroid dienone is 4. The summed E-state index contributed by atoms with van der Waals surface area (Å²) in [5.74, 6) is -0.999. The lowest BCUT2D eigenvalue weighted by molar-refractivity contribution is -0.146. The van der Waals surface area contributed by atoms with Gasteiger partial charge in [-0.15, -0.1) is 0 Å². The van der Waals surface area contributed by atoms with Crippen molar-refractivity contribution in [3.05, 3.63) is 24.3 Å². The van der Waals surface area contributed by atoms with Crippen LogP contribution in [0.3, 0.4) is 0 Å². The Morgan fingerprint density at radius 2 is 0.725 bits per heavy atom. The number of rotatable bonds is 30. The van der Waals surface area contributed by atoms with E-state index < -0.39 is 29.9 Å². The van der Waals surface area contributed by atoms with Crippen LogP contribution in [0.15, 0.2) is 24.3 Å². The minimum Gasteiger partial charge on any atom is -0.387 e. The van der Waals surface area contributed by atoms with Crippen molar-refractivity contribution in [2.45, 2.75) is 186 Å². The SMILES string of the molecule is CCCCCCC=CCCCCCCCC(=O)C(O)C(O)C(O)C(=O)CCCCCCCC=CCCCCCC. The Hall–Kier alpha value is -1.30. The Balaban J connectivity index is 3.80. The topological polar surface area (TPSA) is 94.8 Å². The number of hydrogen-bond donors (Lipinski definition) is 3. The molecule has 0 fully saturated rings. The number of Topliss-reactive ketones (excluding diaryl/α,β-unsaturated/α-hetero) is 2. The van der Waals surface area contributed by atoms with Crippen LogP contribution < -0.4 is 0 Å². The van der Waals surface area contributed by atoms with E-state index in [1.165, 1.54) is 64.2 Å². The fourth-order valence-corrected chi connectivity index (χ4v) is 4.88. The summed E-state index contributed by atoms with van der Waals surface area (Å²) in [6.07, 6.45) is 28.9. The predicted octanol–water partition coefficient (Wildman–Crippen LogP) is 8.72. The first-order chi connectivity index (χ1) is 19.5. The average molecular weight is 565 g/mol. The lowest BCUT2D eigenvalue weighted by Crippen LogP contribution is -2.45. The van der Waals surface area contributed by atoms with Crippen LogP contribution in [-0.4, -0.2) is 45.2 Å². The first-order valence-corrected chi connectivity index (χ1v) is 16.8. The summed E-state index contributed by atoms with van der Waals surface area (Å²) in [4.78, 5) is 24.5. The number of carbonyl (C=O) groups is 2. The van der Waals surface area contributed by atoms with Crippen molar-refractivity contribution in [2.75, 3.05) is 0 Å². The number of hydrogen-bond acceptors (Lipinski definition) is 5. The molecular formula is C35H64O5. The maximum atomic E-state index is 12.3. The summed E-state index contributed by atoms with van der Waals surface area (Å²) in [5.41, 5.74) is 0. The Morgan fingerprint density at radius 3 is 1.05 bits per heavy atom. The monoisotopic (exact) mass is 564 g/mol. The van der Waals surface area contributed by atoms with Gasteiger partial charge in [0.25, 0.3) is 0 Å². The number of carbonyl (C=O) groups excluding carboxylic acids is 2. The third-order valence-corrected chi connectivity index (χ3v) is 7.68. The highest BCUT2D eigenvalue weighted by Crippen LogP contribution is 2.14. The smallest absolute Gasteiger partial charge is 0.164 e. The molecule has 0 rings (SSSR count). The molecule has 40 heavy (non-hydrogen) atoms. The van der Waals surface area contributed by atoms with Gasteiger partial charge < -0.3 is 15.3 Å². The summed E-state index contributed by atoms with van der Waals surface area (Å²) >= 11 is 0. The molecule has 0 saturated carbocycles. The zero-order valence-electron chi connectivity index (χ0n) is 26.2. The first kappa shape index (κ1) is 38.7. The molecule has 0 heterocycles. The Kier molecular flexibility index (Phi) is 28.3. The molecule has 0 saturated heterocycles. The van der Waals surface area contributed by atoms with Crippen LogP contribution in [0.5, 0.6) is 0 Å². The summed E-state index contributed by atoms with van der Waals surface area (Å²) in [7, 11) is 0. The van der Waals surface area contributed by atoms with Gasteiger partial charge in [0, 0.05) is 12.8 Å². The molecule has 0 spiro atoms. The molecule has 2 unspecified atom stereocenters. The predicted molar refractivity (Wildman–Crippen MR) is 168 cm³/mol. The molecule has 0 aromatic heterocycles. The molecule has 5 nitrogen and oxygen atoms in total. The summed E-state index contributed by atoms with van der Waals surface area (Å²) in [6, 6.07) is 0. The van der Waals surface area contributed by atoms with Gasteiger partial charge in [-0.3, -0.25) is 9.59 Å². The number of aliphatic hydroxyl groups is 3. The largest absolute Gasteiger partial charge is 0.387 e. The third kappa shape index (κ3) is 23.4. The Bertz CT molecular complexity index is 588. The molecule has 2 atom stereocenters. The van der Waals surface area contributed by atoms with E-state index >= 15 is 0 Å². The molecule has 0 aliphatic rings. The average Bonchev–Trinajstić information content (AvgIpc) is 2.96. The molecule has 0 aliphatic carbocycles. The van der Waals surface area contributed by atoms with Crippen molar-refractivity contribution in [2.24, 2.45) is 0 Å². The summed E-state index contributed by atoms with van der Waals surface area (Å²) in [6.45, 7) is 4.45. The maximum Gasteiger partial charge on any atom is 0.164 e. The number of unbranched alkanes of at least 4 members (excludes halogenated alkanes) is 18. The van der Waals surface area contributed by atoms with E-state index in [1.54, 1.807) is 0 Å². The van der Waals surface area contributed by atoms with Gasteiger partial charge in [0.05, 0.1) is 0 Å². The molecule has 5 heteroatoms. The van der Waals surface area contributed by atoms with Crippen LogP contribution >= 0.6 is 0 Å². The van der Waals surface area contributed by atoms with Crippen molar-refractivity contribution >= 4 is 11.6 Å². The zero-order valence-corrected chi connectivity index (χ0v) is 26.2. The van der Waals surface area contributed by atoms with Gasteiger partial charge >= 0.3 is 0 Å². The van der Waals surface area contributed by atoms with E-state index in [1.807, 2.05) is 0 Å². The molecule has 0 aromatic rings. The van der Waals surface area contributed by atoms with E-state index in [4.69, 9.17) is 0 Å². The van der Waals surface area contributed by atoms with Crippen LogP contribution in [0.25, 0.3) is 0 Å². The highest BCUT2D eigenvalue weighted by Gasteiger charge is 2.33. The lowest BCUT2D eigenvalue weighted by Gasteiger charge is -2.21. The van der Waals surface area contributed by atoms with E-state index in [0.29, 0.717) is 12.8 Å². The second-order valence-corrected chi connectivity index (χ2v) is 11.6. The van der Waals surface area contributed by atoms with Gasteiger partial charge in [-0.1, -0.05) is 115 Å². The van der Waals surface area contributed by atoms with E-state index in [2.05, 4.69) is 38.2 Å². The van der Waals surface area contributed by atoms with E-state index in [0.717, 1.165) is 64.2 Å². The van der Waals surface area contributed by atoms with Crippen molar-refractivity contribution in [1.29, 1.82) is 0 Å². The fourth-order valence-electron chi connectivity index (χ4n) is 4.88. The quantitative estimate of drug-likeness (QED) is 0.0599. The molecule has 0 aliphatic heterocycles. The second-order valence-electron chi connectivity index (χ2n) is 11.6. The van der Waals surface area contributed by atoms with Crippen LogP contribution in [0.2, 0.25) is 0 Å². The van der Waals surface area contributed by atoms with Gasteiger partial charge in [-0.2, -0.15) is 0 Å². The highest BCUT2D eigenvalue weighted by atomic mass is 16.4. The minimum atomic E-state index is -1.75. The van der Waals surface area contributed by atoms with Crippen LogP contribution in [0.4, 0.5) is 0 Å². The maximum absolute atomic E-state index is 12.3. The minimum absolute atomic E-state index is 0.158. The zero-order chi connectivity index (χ0) is 29.7. The molecule has 0 amide bonds. The molecule has 234 valence electrons. The van der Waals surface area contributed by atoms with Crippen LogP contribution in [0.1, 0.15) is 168 Å². The van der Waals surface area contributed by atoms with Crippen LogP contribution in [0, 0.1) is 0 Å². The molecule has 0 bridgehead atoms. The van der Waals surface area contributed by atoms with Crippen molar-refractivity contribution in [1.82, 2.24) is 0 Å². The molecule has 0 aromatic carbocycles. The number of ketones is 2. The van der Waals surface area contributed by atoms with Crippen molar-refractivity contribution < 1.29 is 24.9 Å². The molecule has 0 radical (unpaired) electrons. The Labute approximate surface area is 246 Å². The molecule has 3 N–H and O–H groups in total. The van der Waals surface area contributed by atoms with Crippen molar-refractivity contribution in [3.63, 3.8) is 0 Å². The fraction of sp³-hybridized carbons (Fsp3) is 0.829. The summed E-state index contributed by atoms with van der Waals surface area (Å²) < 4.78 is 0. The van der Waals surface area contributed by atoms with Crippen LogP contribution in [-0.2, 0) is 9.59 Å². The van der Waals surface area contributed by atoms with Gasteiger partial charge in [-0.05, 0) is 64.2 Å². The van der Waals surface area contributed by atoms with Crippen molar-refractivity contribution in [3.8, 4) is 0 Å². The van der Waals surface area contributed by atoms with Gasteiger partial charge in [0.1, 0.15) is 18.3 Å².